The summed E-state index contributed by atoms with van der Waals surface area (Å²) in [6, 6.07) is 7.99. The van der Waals surface area contributed by atoms with Gasteiger partial charge in [-0.1, -0.05) is 29.8 Å². The van der Waals surface area contributed by atoms with Gasteiger partial charge in [0.2, 0.25) is 0 Å². The summed E-state index contributed by atoms with van der Waals surface area (Å²) in [5.41, 5.74) is 2.15. The Bertz CT molecular complexity index is 315. The number of hydrogen-bond acceptors (Lipinski definition) is 3. The summed E-state index contributed by atoms with van der Waals surface area (Å²) in [6.45, 7) is 4.19. The smallest absolute Gasteiger partial charge is 0.0916 e. The second-order valence-electron chi connectivity index (χ2n) is 4.18. The highest BCUT2D eigenvalue weighted by Gasteiger charge is 2.10. The van der Waals surface area contributed by atoms with Crippen LogP contribution in [-0.2, 0) is 4.74 Å². The molecule has 1 aromatic rings. The van der Waals surface area contributed by atoms with E-state index >= 15 is 0 Å². The molecule has 3 heteroatoms. The number of rotatable bonds is 6. The Kier molecular flexibility index (Phi) is 5.46. The fraction of sp³-hybridized carbons (Fsp3) is 0.538. The van der Waals surface area contributed by atoms with E-state index in [1.807, 2.05) is 38.2 Å². The van der Waals surface area contributed by atoms with E-state index in [4.69, 9.17) is 4.74 Å². The molecule has 0 heterocycles. The molecule has 1 rings (SSSR count). The number of benzene rings is 1. The van der Waals surface area contributed by atoms with Crippen LogP contribution in [0.1, 0.15) is 17.2 Å². The van der Waals surface area contributed by atoms with Crippen molar-refractivity contribution in [3.05, 3.63) is 35.4 Å². The molecule has 1 aromatic carbocycles. The lowest BCUT2D eigenvalue weighted by atomic mass is 10.1. The van der Waals surface area contributed by atoms with Gasteiger partial charge in [0.05, 0.1) is 12.7 Å². The van der Waals surface area contributed by atoms with E-state index in [0.717, 1.165) is 12.1 Å². The van der Waals surface area contributed by atoms with Gasteiger partial charge in [0.15, 0.2) is 0 Å². The van der Waals surface area contributed by atoms with Gasteiger partial charge in [-0.05, 0) is 19.5 Å². The molecule has 1 N–H and O–H groups in total. The second kappa shape index (κ2) is 6.63. The molecule has 0 saturated heterocycles. The Morgan fingerprint density at radius 1 is 1.44 bits per heavy atom. The quantitative estimate of drug-likeness (QED) is 0.795. The molecule has 0 fully saturated rings. The number of aliphatic hydroxyl groups is 1. The largest absolute Gasteiger partial charge is 0.387 e. The Labute approximate surface area is 97.7 Å². The first-order chi connectivity index (χ1) is 7.63. The average Bonchev–Trinajstić information content (AvgIpc) is 2.26. The molecule has 0 aliphatic heterocycles. The summed E-state index contributed by atoms with van der Waals surface area (Å²) in [7, 11) is 3.67. The summed E-state index contributed by atoms with van der Waals surface area (Å²) in [6.07, 6.45) is -0.429. The van der Waals surface area contributed by atoms with Gasteiger partial charge in [-0.25, -0.2) is 0 Å². The van der Waals surface area contributed by atoms with Crippen LogP contribution >= 0.6 is 0 Å². The predicted octanol–water partition coefficient (Wildman–Crippen LogP) is 1.61. The summed E-state index contributed by atoms with van der Waals surface area (Å²) in [4.78, 5) is 2.07. The van der Waals surface area contributed by atoms with E-state index in [9.17, 15) is 5.11 Å². The molecule has 3 nitrogen and oxygen atoms in total. The topological polar surface area (TPSA) is 32.7 Å². The fourth-order valence-electron chi connectivity index (χ4n) is 1.62. The van der Waals surface area contributed by atoms with Gasteiger partial charge in [0.25, 0.3) is 0 Å². The molecule has 0 aromatic heterocycles. The maximum absolute atomic E-state index is 10.0. The lowest BCUT2D eigenvalue weighted by Gasteiger charge is -2.20. The minimum Gasteiger partial charge on any atom is -0.387 e. The average molecular weight is 223 g/mol. The lowest BCUT2D eigenvalue weighted by molar-refractivity contribution is 0.103. The van der Waals surface area contributed by atoms with Crippen molar-refractivity contribution in [2.75, 3.05) is 33.9 Å². The predicted molar refractivity (Wildman–Crippen MR) is 65.5 cm³/mol. The van der Waals surface area contributed by atoms with E-state index in [1.54, 1.807) is 7.11 Å². The van der Waals surface area contributed by atoms with Gasteiger partial charge in [0, 0.05) is 20.2 Å². The molecule has 0 aliphatic rings. The maximum atomic E-state index is 10.0. The Hall–Kier alpha value is -0.900. The number of aliphatic hydroxyl groups excluding tert-OH is 1. The van der Waals surface area contributed by atoms with Crippen LogP contribution < -0.4 is 0 Å². The van der Waals surface area contributed by atoms with Gasteiger partial charge in [-0.2, -0.15) is 0 Å². The molecule has 0 radical (unpaired) electrons. The normalized spacial score (nSPS) is 13.1. The van der Waals surface area contributed by atoms with Crippen molar-refractivity contribution in [3.63, 3.8) is 0 Å². The Morgan fingerprint density at radius 2 is 2.19 bits per heavy atom. The van der Waals surface area contributed by atoms with Gasteiger partial charge < -0.3 is 14.7 Å². The van der Waals surface area contributed by atoms with Crippen LogP contribution in [0.4, 0.5) is 0 Å². The molecule has 0 spiro atoms. The van der Waals surface area contributed by atoms with Crippen LogP contribution in [0.15, 0.2) is 24.3 Å². The lowest BCUT2D eigenvalue weighted by Crippen LogP contribution is -2.27. The van der Waals surface area contributed by atoms with E-state index in [1.165, 1.54) is 5.56 Å². The highest BCUT2D eigenvalue weighted by molar-refractivity contribution is 5.24. The van der Waals surface area contributed by atoms with Crippen LogP contribution in [-0.4, -0.2) is 43.9 Å². The minimum absolute atomic E-state index is 0.429. The Balaban J connectivity index is 2.48. The molecule has 0 aliphatic carbocycles. The minimum atomic E-state index is -0.429. The van der Waals surface area contributed by atoms with Crippen molar-refractivity contribution in [3.8, 4) is 0 Å². The van der Waals surface area contributed by atoms with E-state index < -0.39 is 6.10 Å². The van der Waals surface area contributed by atoms with Crippen LogP contribution in [0.2, 0.25) is 0 Å². The number of ether oxygens (including phenoxy) is 1. The van der Waals surface area contributed by atoms with Crippen LogP contribution in [0.3, 0.4) is 0 Å². The van der Waals surface area contributed by atoms with Crippen LogP contribution in [0, 0.1) is 6.92 Å². The molecule has 0 amide bonds. The van der Waals surface area contributed by atoms with Gasteiger partial charge in [-0.3, -0.25) is 0 Å². The van der Waals surface area contributed by atoms with Gasteiger partial charge in [-0.15, -0.1) is 0 Å². The van der Waals surface area contributed by atoms with Crippen LogP contribution in [0.25, 0.3) is 0 Å². The van der Waals surface area contributed by atoms with Crippen molar-refractivity contribution < 1.29 is 9.84 Å². The van der Waals surface area contributed by atoms with Crippen LogP contribution in [0.5, 0.6) is 0 Å². The number of methoxy groups -OCH3 is 1. The third-order valence-electron chi connectivity index (χ3n) is 2.59. The van der Waals surface area contributed by atoms with Crippen molar-refractivity contribution in [1.82, 2.24) is 4.90 Å². The molecular weight excluding hydrogens is 202 g/mol. The van der Waals surface area contributed by atoms with E-state index in [0.29, 0.717) is 13.2 Å². The Morgan fingerprint density at radius 3 is 2.81 bits per heavy atom. The number of aryl methyl sites for hydroxylation is 1. The highest BCUT2D eigenvalue weighted by atomic mass is 16.5. The zero-order valence-corrected chi connectivity index (χ0v) is 10.3. The SMILES string of the molecule is COCCN(C)CC(O)c1cccc(C)c1. The van der Waals surface area contributed by atoms with E-state index in [-0.39, 0.29) is 0 Å². The molecule has 16 heavy (non-hydrogen) atoms. The molecule has 0 bridgehead atoms. The molecule has 1 unspecified atom stereocenters. The van der Waals surface area contributed by atoms with Gasteiger partial charge in [0.1, 0.15) is 0 Å². The summed E-state index contributed by atoms with van der Waals surface area (Å²) >= 11 is 0. The number of likely N-dealkylation sites (N-methyl/N-ethyl adjacent to an activating group) is 1. The molecule has 1 atom stereocenters. The van der Waals surface area contributed by atoms with Crippen molar-refractivity contribution in [1.29, 1.82) is 0 Å². The molecular formula is C13H21NO2. The monoisotopic (exact) mass is 223 g/mol. The molecule has 90 valence electrons. The molecule has 0 saturated carbocycles. The third kappa shape index (κ3) is 4.31. The highest BCUT2D eigenvalue weighted by Crippen LogP contribution is 2.14. The fourth-order valence-corrected chi connectivity index (χ4v) is 1.62. The number of hydrogen-bond donors (Lipinski definition) is 1. The van der Waals surface area contributed by atoms with Crippen molar-refractivity contribution in [2.45, 2.75) is 13.0 Å². The summed E-state index contributed by atoms with van der Waals surface area (Å²) in [5.74, 6) is 0. The standard InChI is InChI=1S/C13H21NO2/c1-11-5-4-6-12(9-11)13(15)10-14(2)7-8-16-3/h4-6,9,13,15H,7-8,10H2,1-3H3. The zero-order chi connectivity index (χ0) is 12.0. The summed E-state index contributed by atoms with van der Waals surface area (Å²) in [5, 5.41) is 10.0. The van der Waals surface area contributed by atoms with E-state index in [2.05, 4.69) is 4.90 Å². The number of nitrogens with zero attached hydrogens (tertiary/aromatic N) is 1. The first kappa shape index (κ1) is 13.2. The summed E-state index contributed by atoms with van der Waals surface area (Å²) < 4.78 is 5.00. The van der Waals surface area contributed by atoms with Crippen molar-refractivity contribution in [2.24, 2.45) is 0 Å². The zero-order valence-electron chi connectivity index (χ0n) is 10.3. The third-order valence-corrected chi connectivity index (χ3v) is 2.59. The first-order valence-corrected chi connectivity index (χ1v) is 5.55. The first-order valence-electron chi connectivity index (χ1n) is 5.55. The van der Waals surface area contributed by atoms with Crippen molar-refractivity contribution >= 4 is 0 Å². The maximum Gasteiger partial charge on any atom is 0.0916 e. The van der Waals surface area contributed by atoms with Gasteiger partial charge >= 0.3 is 0 Å². The second-order valence-corrected chi connectivity index (χ2v) is 4.18.